The van der Waals surface area contributed by atoms with E-state index in [9.17, 15) is 4.79 Å². The highest BCUT2D eigenvalue weighted by atomic mass is 16.4. The summed E-state index contributed by atoms with van der Waals surface area (Å²) >= 11 is 0. The molecule has 0 bridgehead atoms. The Kier molecular flexibility index (Phi) is 3.34. The first-order valence-electron chi connectivity index (χ1n) is 6.23. The molecule has 2 rings (SSSR count). The normalized spacial score (nSPS) is 10.9. The Labute approximate surface area is 112 Å². The number of aryl methyl sites for hydroxylation is 1. The Morgan fingerprint density at radius 2 is 1.84 bits per heavy atom. The number of hydrogen-bond acceptors (Lipinski definition) is 2. The van der Waals surface area contributed by atoms with Gasteiger partial charge < -0.3 is 15.8 Å². The Morgan fingerprint density at radius 3 is 2.26 bits per heavy atom. The van der Waals surface area contributed by atoms with E-state index < -0.39 is 5.97 Å². The number of hydrogen-bond donors (Lipinski definition) is 3. The highest BCUT2D eigenvalue weighted by Crippen LogP contribution is 2.31. The molecule has 1 heterocycles. The summed E-state index contributed by atoms with van der Waals surface area (Å²) < 4.78 is 0. The highest BCUT2D eigenvalue weighted by molar-refractivity contribution is 5.99. The van der Waals surface area contributed by atoms with Crippen molar-refractivity contribution in [2.24, 2.45) is 0 Å². The van der Waals surface area contributed by atoms with Gasteiger partial charge in [0.2, 0.25) is 0 Å². The van der Waals surface area contributed by atoms with E-state index in [1.54, 1.807) is 6.92 Å². The van der Waals surface area contributed by atoms with Crippen LogP contribution in [0.25, 0.3) is 11.3 Å². The van der Waals surface area contributed by atoms with Gasteiger partial charge in [0.1, 0.15) is 5.56 Å². The van der Waals surface area contributed by atoms with E-state index >= 15 is 0 Å². The first kappa shape index (κ1) is 13.2. The molecule has 0 saturated heterocycles. The minimum absolute atomic E-state index is 0.155. The third kappa shape index (κ3) is 2.34. The number of carboxylic acid groups (broad SMARTS) is 1. The van der Waals surface area contributed by atoms with Crippen LogP contribution >= 0.6 is 0 Å². The zero-order valence-electron chi connectivity index (χ0n) is 11.3. The van der Waals surface area contributed by atoms with Crippen LogP contribution in [0.1, 0.15) is 41.4 Å². The molecule has 1 aromatic carbocycles. The highest BCUT2D eigenvalue weighted by Gasteiger charge is 2.19. The van der Waals surface area contributed by atoms with E-state index in [4.69, 9.17) is 10.8 Å². The summed E-state index contributed by atoms with van der Waals surface area (Å²) in [6.45, 7) is 5.97. The van der Waals surface area contributed by atoms with Crippen LogP contribution in [0.5, 0.6) is 0 Å². The number of nitrogens with two attached hydrogens (primary N) is 1. The van der Waals surface area contributed by atoms with Gasteiger partial charge in [-0.05, 0) is 18.4 Å². The van der Waals surface area contributed by atoms with E-state index in [1.807, 2.05) is 24.3 Å². The van der Waals surface area contributed by atoms with Crippen LogP contribution in [0.4, 0.5) is 5.69 Å². The number of carboxylic acids is 1. The summed E-state index contributed by atoms with van der Waals surface area (Å²) in [4.78, 5) is 14.2. The van der Waals surface area contributed by atoms with Crippen LogP contribution in [0.15, 0.2) is 24.3 Å². The summed E-state index contributed by atoms with van der Waals surface area (Å²) in [7, 11) is 0. The van der Waals surface area contributed by atoms with Gasteiger partial charge in [0, 0.05) is 11.3 Å². The minimum atomic E-state index is -1.00. The van der Waals surface area contributed by atoms with Crippen LogP contribution in [0, 0.1) is 6.92 Å². The van der Waals surface area contributed by atoms with E-state index in [0.29, 0.717) is 23.0 Å². The number of aromatic nitrogens is 1. The number of carbonyl (C=O) groups is 1. The van der Waals surface area contributed by atoms with Gasteiger partial charge >= 0.3 is 5.97 Å². The fourth-order valence-electron chi connectivity index (χ4n) is 2.18. The molecule has 0 atom stereocenters. The Balaban J connectivity index is 2.48. The first-order valence-corrected chi connectivity index (χ1v) is 6.23. The molecule has 0 spiro atoms. The molecule has 0 fully saturated rings. The summed E-state index contributed by atoms with van der Waals surface area (Å²) in [6.07, 6.45) is 0. The Bertz CT molecular complexity index is 610. The second-order valence-electron chi connectivity index (χ2n) is 5.00. The van der Waals surface area contributed by atoms with Crippen LogP contribution in [-0.4, -0.2) is 16.1 Å². The molecular weight excluding hydrogens is 240 g/mol. The minimum Gasteiger partial charge on any atom is -0.478 e. The zero-order valence-corrected chi connectivity index (χ0v) is 11.3. The maximum atomic E-state index is 11.1. The predicted molar refractivity (Wildman–Crippen MR) is 76.4 cm³/mol. The lowest BCUT2D eigenvalue weighted by molar-refractivity contribution is 0.0697. The molecule has 0 unspecified atom stereocenters. The number of aromatic amines is 1. The molecule has 4 nitrogen and oxygen atoms in total. The topological polar surface area (TPSA) is 79.1 Å². The van der Waals surface area contributed by atoms with Gasteiger partial charge in [-0.25, -0.2) is 4.79 Å². The molecule has 0 saturated carbocycles. The molecule has 1 aromatic heterocycles. The van der Waals surface area contributed by atoms with Crippen LogP contribution in [-0.2, 0) is 0 Å². The maximum Gasteiger partial charge on any atom is 0.339 e. The number of anilines is 1. The predicted octanol–water partition coefficient (Wildman–Crippen LogP) is 3.39. The number of rotatable bonds is 3. The van der Waals surface area contributed by atoms with E-state index in [-0.39, 0.29) is 5.56 Å². The number of H-pyrrole nitrogens is 1. The quantitative estimate of drug-likeness (QED) is 0.789. The van der Waals surface area contributed by atoms with Crippen molar-refractivity contribution in [3.8, 4) is 11.3 Å². The fourth-order valence-corrected chi connectivity index (χ4v) is 2.18. The fraction of sp³-hybridized carbons (Fsp3) is 0.267. The number of nitrogens with one attached hydrogen (secondary N) is 1. The number of benzene rings is 1. The van der Waals surface area contributed by atoms with Gasteiger partial charge in [-0.2, -0.15) is 0 Å². The second-order valence-corrected chi connectivity index (χ2v) is 5.00. The van der Waals surface area contributed by atoms with Gasteiger partial charge in [-0.15, -0.1) is 0 Å². The molecule has 0 radical (unpaired) electrons. The van der Waals surface area contributed by atoms with Crippen LogP contribution in [0.2, 0.25) is 0 Å². The van der Waals surface area contributed by atoms with E-state index in [0.717, 1.165) is 5.56 Å². The second kappa shape index (κ2) is 4.80. The smallest absolute Gasteiger partial charge is 0.339 e. The van der Waals surface area contributed by atoms with Crippen LogP contribution < -0.4 is 5.73 Å². The average Bonchev–Trinajstić information content (AvgIpc) is 2.65. The van der Waals surface area contributed by atoms with Crippen molar-refractivity contribution in [1.82, 2.24) is 4.98 Å². The van der Waals surface area contributed by atoms with E-state index in [1.165, 1.54) is 5.56 Å². The SMILES string of the molecule is Cc1[nH]c(-c2ccc(C(C)C)cc2)c(N)c1C(=O)O. The Morgan fingerprint density at radius 1 is 1.26 bits per heavy atom. The first-order chi connectivity index (χ1) is 8.91. The van der Waals surface area contributed by atoms with Crippen molar-refractivity contribution in [3.05, 3.63) is 41.1 Å². The molecule has 2 aromatic rings. The molecule has 4 N–H and O–H groups in total. The van der Waals surface area contributed by atoms with Crippen molar-refractivity contribution in [1.29, 1.82) is 0 Å². The lowest BCUT2D eigenvalue weighted by Crippen LogP contribution is -2.01. The molecule has 0 aliphatic heterocycles. The molecular formula is C15H18N2O2. The van der Waals surface area contributed by atoms with Gasteiger partial charge in [-0.1, -0.05) is 38.1 Å². The van der Waals surface area contributed by atoms with Crippen molar-refractivity contribution >= 4 is 11.7 Å². The van der Waals surface area contributed by atoms with Gasteiger partial charge in [0.05, 0.1) is 11.4 Å². The third-order valence-electron chi connectivity index (χ3n) is 3.31. The average molecular weight is 258 g/mol. The summed E-state index contributed by atoms with van der Waals surface area (Å²) in [5.41, 5.74) is 9.76. The van der Waals surface area contributed by atoms with Crippen LogP contribution in [0.3, 0.4) is 0 Å². The monoisotopic (exact) mass is 258 g/mol. The summed E-state index contributed by atoms with van der Waals surface area (Å²) in [5, 5.41) is 9.12. The van der Waals surface area contributed by atoms with Gasteiger partial charge in [0.25, 0.3) is 0 Å². The summed E-state index contributed by atoms with van der Waals surface area (Å²) in [5.74, 6) is -0.539. The third-order valence-corrected chi connectivity index (χ3v) is 3.31. The zero-order chi connectivity index (χ0) is 14.2. The Hall–Kier alpha value is -2.23. The van der Waals surface area contributed by atoms with Crippen molar-refractivity contribution in [3.63, 3.8) is 0 Å². The standard InChI is InChI=1S/C15H18N2O2/c1-8(2)10-4-6-11(7-5-10)14-13(16)12(15(18)19)9(3)17-14/h4-8,17H,16H2,1-3H3,(H,18,19). The molecule has 0 aliphatic rings. The molecule has 0 aliphatic carbocycles. The largest absolute Gasteiger partial charge is 0.478 e. The van der Waals surface area contributed by atoms with Gasteiger partial charge in [0.15, 0.2) is 0 Å². The molecule has 4 heteroatoms. The van der Waals surface area contributed by atoms with E-state index in [2.05, 4.69) is 18.8 Å². The van der Waals surface area contributed by atoms with Crippen molar-refractivity contribution < 1.29 is 9.90 Å². The van der Waals surface area contributed by atoms with Crippen molar-refractivity contribution in [2.45, 2.75) is 26.7 Å². The van der Waals surface area contributed by atoms with Gasteiger partial charge in [-0.3, -0.25) is 0 Å². The lowest BCUT2D eigenvalue weighted by atomic mass is 10.0. The molecule has 19 heavy (non-hydrogen) atoms. The van der Waals surface area contributed by atoms with Crippen molar-refractivity contribution in [2.75, 3.05) is 5.73 Å². The lowest BCUT2D eigenvalue weighted by Gasteiger charge is -2.06. The maximum absolute atomic E-state index is 11.1. The molecule has 0 amide bonds. The molecule has 100 valence electrons. The number of aromatic carboxylic acids is 1. The number of nitrogen functional groups attached to an aromatic ring is 1. The summed E-state index contributed by atoms with van der Waals surface area (Å²) in [6, 6.07) is 8.00.